The number of carbonyl (C=O) groups excluding carboxylic acids is 2. The number of hydrogen-bond acceptors (Lipinski definition) is 5. The van der Waals surface area contributed by atoms with Crippen molar-refractivity contribution in [1.29, 1.82) is 0 Å². The summed E-state index contributed by atoms with van der Waals surface area (Å²) < 4.78 is 15.2. The minimum absolute atomic E-state index is 0.248. The van der Waals surface area contributed by atoms with Gasteiger partial charge < -0.3 is 19.5 Å². The Labute approximate surface area is 130 Å². The molecule has 6 nitrogen and oxygen atoms in total. The van der Waals surface area contributed by atoms with Crippen LogP contribution in [-0.2, 0) is 14.3 Å². The highest BCUT2D eigenvalue weighted by atomic mass is 16.5. The molecule has 0 bridgehead atoms. The van der Waals surface area contributed by atoms with E-state index >= 15 is 0 Å². The van der Waals surface area contributed by atoms with Gasteiger partial charge >= 0.3 is 5.97 Å². The maximum absolute atomic E-state index is 12.4. The highest BCUT2D eigenvalue weighted by Crippen LogP contribution is 2.25. The van der Waals surface area contributed by atoms with E-state index in [0.29, 0.717) is 17.9 Å². The normalized spacial score (nSPS) is 13.1. The third-order valence-corrected chi connectivity index (χ3v) is 3.52. The van der Waals surface area contributed by atoms with Gasteiger partial charge in [0.1, 0.15) is 16.9 Å². The smallest absolute Gasteiger partial charge is 0.341 e. The van der Waals surface area contributed by atoms with E-state index in [9.17, 15) is 9.59 Å². The number of benzene rings is 1. The quantitative estimate of drug-likeness (QED) is 0.784. The van der Waals surface area contributed by atoms with E-state index in [2.05, 4.69) is 5.32 Å². The van der Waals surface area contributed by atoms with Crippen LogP contribution in [0.25, 0.3) is 0 Å². The maximum atomic E-state index is 12.4. The third-order valence-electron chi connectivity index (χ3n) is 3.52. The number of ether oxygens (including phenoxy) is 3. The molecule has 1 aromatic rings. The van der Waals surface area contributed by atoms with Crippen molar-refractivity contribution in [2.75, 3.05) is 26.6 Å². The minimum Gasteiger partial charge on any atom is -0.496 e. The van der Waals surface area contributed by atoms with E-state index in [1.165, 1.54) is 27.4 Å². The molecule has 0 radical (unpaired) electrons. The molecular weight excluding hydrogens is 286 g/mol. The second-order valence-electron chi connectivity index (χ2n) is 5.05. The average Bonchev–Trinajstić information content (AvgIpc) is 2.53. The van der Waals surface area contributed by atoms with E-state index < -0.39 is 11.6 Å². The Morgan fingerprint density at radius 3 is 2.41 bits per heavy atom. The van der Waals surface area contributed by atoms with Crippen molar-refractivity contribution in [3.8, 4) is 5.75 Å². The molecule has 0 aliphatic rings. The number of methoxy groups -OCH3 is 3. The Bertz CT molecular complexity index is 543. The molecule has 122 valence electrons. The lowest BCUT2D eigenvalue weighted by Gasteiger charge is -2.26. The summed E-state index contributed by atoms with van der Waals surface area (Å²) in [6.07, 6.45) is 1.41. The second-order valence-corrected chi connectivity index (χ2v) is 5.05. The lowest BCUT2D eigenvalue weighted by Crippen LogP contribution is -2.41. The van der Waals surface area contributed by atoms with Gasteiger partial charge in [0.25, 0.3) is 5.91 Å². The maximum Gasteiger partial charge on any atom is 0.341 e. The van der Waals surface area contributed by atoms with Gasteiger partial charge in [0, 0.05) is 12.8 Å². The van der Waals surface area contributed by atoms with Crippen LogP contribution in [0, 0.1) is 0 Å². The molecule has 0 fully saturated rings. The average molecular weight is 309 g/mol. The summed E-state index contributed by atoms with van der Waals surface area (Å²) in [6, 6.07) is 4.78. The zero-order valence-electron chi connectivity index (χ0n) is 13.7. The molecule has 0 aliphatic carbocycles. The van der Waals surface area contributed by atoms with E-state index in [1.807, 2.05) is 6.92 Å². The fourth-order valence-electron chi connectivity index (χ4n) is 2.10. The predicted molar refractivity (Wildman–Crippen MR) is 83.3 cm³/mol. The molecule has 0 saturated carbocycles. The Morgan fingerprint density at radius 2 is 1.91 bits per heavy atom. The van der Waals surface area contributed by atoms with Gasteiger partial charge in [-0.25, -0.2) is 4.79 Å². The highest BCUT2D eigenvalue weighted by Gasteiger charge is 2.32. The van der Waals surface area contributed by atoms with Crippen LogP contribution in [0.3, 0.4) is 0 Å². The third kappa shape index (κ3) is 3.98. The summed E-state index contributed by atoms with van der Waals surface area (Å²) in [7, 11) is 4.25. The Morgan fingerprint density at radius 1 is 1.23 bits per heavy atom. The van der Waals surface area contributed by atoms with Crippen LogP contribution in [-0.4, -0.2) is 38.8 Å². The van der Waals surface area contributed by atoms with Gasteiger partial charge in [-0.05, 0) is 31.5 Å². The lowest BCUT2D eigenvalue weighted by molar-refractivity contribution is -0.136. The molecule has 1 aromatic carbocycles. The van der Waals surface area contributed by atoms with Gasteiger partial charge in [0.05, 0.1) is 14.2 Å². The molecule has 0 unspecified atom stereocenters. The number of hydrogen-bond donors (Lipinski definition) is 1. The first kappa shape index (κ1) is 18.0. The lowest BCUT2D eigenvalue weighted by atomic mass is 9.99. The van der Waals surface area contributed by atoms with Gasteiger partial charge in [-0.1, -0.05) is 13.3 Å². The van der Waals surface area contributed by atoms with E-state index in [-0.39, 0.29) is 11.5 Å². The molecule has 0 spiro atoms. The summed E-state index contributed by atoms with van der Waals surface area (Å²) in [5.74, 6) is -0.415. The molecule has 0 aliphatic heterocycles. The summed E-state index contributed by atoms with van der Waals surface area (Å²) >= 11 is 0. The van der Waals surface area contributed by atoms with Gasteiger partial charge in [-0.2, -0.15) is 0 Å². The highest BCUT2D eigenvalue weighted by molar-refractivity contribution is 5.99. The van der Waals surface area contributed by atoms with E-state index in [0.717, 1.165) is 6.42 Å². The van der Waals surface area contributed by atoms with Crippen LogP contribution >= 0.6 is 0 Å². The van der Waals surface area contributed by atoms with Crippen LogP contribution in [0.4, 0.5) is 5.69 Å². The number of rotatable bonds is 7. The zero-order chi connectivity index (χ0) is 16.8. The molecule has 0 saturated heterocycles. The van der Waals surface area contributed by atoms with Crippen molar-refractivity contribution in [3.05, 3.63) is 23.8 Å². The van der Waals surface area contributed by atoms with Crippen molar-refractivity contribution in [3.63, 3.8) is 0 Å². The first-order valence-electron chi connectivity index (χ1n) is 7.04. The Hall–Kier alpha value is -2.08. The van der Waals surface area contributed by atoms with Crippen LogP contribution in [0.1, 0.15) is 37.0 Å². The van der Waals surface area contributed by atoms with Gasteiger partial charge in [-0.15, -0.1) is 0 Å². The second kappa shape index (κ2) is 7.79. The summed E-state index contributed by atoms with van der Waals surface area (Å²) in [5, 5.41) is 2.76. The molecule has 1 N–H and O–H groups in total. The van der Waals surface area contributed by atoms with Crippen molar-refractivity contribution < 1.29 is 23.8 Å². The molecule has 0 aromatic heterocycles. The molecular formula is C16H23NO5. The zero-order valence-corrected chi connectivity index (χ0v) is 13.7. The number of nitrogens with one attached hydrogen (secondary N) is 1. The fourth-order valence-corrected chi connectivity index (χ4v) is 2.10. The SMILES string of the molecule is CCC[C@@](C)(OC)C(=O)Nc1ccc(OC)c(C(=O)OC)c1. The number of esters is 1. The van der Waals surface area contributed by atoms with Crippen molar-refractivity contribution in [1.82, 2.24) is 0 Å². The largest absolute Gasteiger partial charge is 0.496 e. The molecule has 6 heteroatoms. The van der Waals surface area contributed by atoms with Crippen molar-refractivity contribution in [2.45, 2.75) is 32.3 Å². The summed E-state index contributed by atoms with van der Waals surface area (Å²) in [5.41, 5.74) is -0.192. The number of amides is 1. The van der Waals surface area contributed by atoms with Crippen LogP contribution in [0.5, 0.6) is 5.75 Å². The Kier molecular flexibility index (Phi) is 6.37. The number of anilines is 1. The molecule has 1 amide bonds. The predicted octanol–water partition coefficient (Wildman–Crippen LogP) is 2.63. The van der Waals surface area contributed by atoms with Crippen LogP contribution in [0.15, 0.2) is 18.2 Å². The first-order valence-corrected chi connectivity index (χ1v) is 7.04. The fraction of sp³-hybridized carbons (Fsp3) is 0.500. The molecule has 0 heterocycles. The standard InChI is InChI=1S/C16H23NO5/c1-6-9-16(2,22-5)15(19)17-11-7-8-13(20-3)12(10-11)14(18)21-4/h7-8,10H,6,9H2,1-5H3,(H,17,19)/t16-/m1/s1. The van der Waals surface area contributed by atoms with E-state index in [1.54, 1.807) is 19.1 Å². The van der Waals surface area contributed by atoms with Crippen molar-refractivity contribution in [2.24, 2.45) is 0 Å². The molecule has 22 heavy (non-hydrogen) atoms. The van der Waals surface area contributed by atoms with Crippen LogP contribution < -0.4 is 10.1 Å². The number of carbonyl (C=O) groups is 2. The van der Waals surface area contributed by atoms with Gasteiger partial charge in [-0.3, -0.25) is 4.79 Å². The monoisotopic (exact) mass is 309 g/mol. The summed E-state index contributed by atoms with van der Waals surface area (Å²) in [4.78, 5) is 24.1. The summed E-state index contributed by atoms with van der Waals surface area (Å²) in [6.45, 7) is 3.71. The van der Waals surface area contributed by atoms with Crippen molar-refractivity contribution >= 4 is 17.6 Å². The molecule has 1 rings (SSSR count). The van der Waals surface area contributed by atoms with Gasteiger partial charge in [0.15, 0.2) is 0 Å². The topological polar surface area (TPSA) is 73.9 Å². The Balaban J connectivity index is 3.03. The molecule has 1 atom stereocenters. The van der Waals surface area contributed by atoms with Crippen LogP contribution in [0.2, 0.25) is 0 Å². The first-order chi connectivity index (χ1) is 10.4. The van der Waals surface area contributed by atoms with Gasteiger partial charge in [0.2, 0.25) is 0 Å². The van der Waals surface area contributed by atoms with E-state index in [4.69, 9.17) is 14.2 Å². The minimum atomic E-state index is -0.917.